The van der Waals surface area contributed by atoms with Crippen LogP contribution in [-0.4, -0.2) is 31.8 Å². The van der Waals surface area contributed by atoms with Gasteiger partial charge in [-0.05, 0) is 50.8 Å². The highest BCUT2D eigenvalue weighted by Gasteiger charge is 2.31. The van der Waals surface area contributed by atoms with Gasteiger partial charge in [0.15, 0.2) is 5.16 Å². The second kappa shape index (κ2) is 8.12. The number of rotatable bonds is 8. The van der Waals surface area contributed by atoms with Gasteiger partial charge in [-0.2, -0.15) is 0 Å². The Morgan fingerprint density at radius 2 is 2.07 bits per heavy atom. The number of amides is 2. The van der Waals surface area contributed by atoms with Gasteiger partial charge in [-0.1, -0.05) is 23.9 Å². The first kappa shape index (κ1) is 19.4. The van der Waals surface area contributed by atoms with Crippen LogP contribution in [0.1, 0.15) is 49.1 Å². The Bertz CT molecular complexity index is 860. The molecule has 3 rings (SSSR count). The molecule has 1 atom stereocenters. The van der Waals surface area contributed by atoms with Gasteiger partial charge in [0.05, 0.1) is 5.25 Å². The van der Waals surface area contributed by atoms with Crippen molar-refractivity contribution in [2.75, 3.05) is 5.32 Å². The van der Waals surface area contributed by atoms with Crippen LogP contribution in [0.25, 0.3) is 0 Å². The van der Waals surface area contributed by atoms with Crippen molar-refractivity contribution in [1.29, 1.82) is 0 Å². The average Bonchev–Trinajstić information content (AvgIpc) is 3.38. The summed E-state index contributed by atoms with van der Waals surface area (Å²) < 4.78 is 1.94. The molecule has 1 fully saturated rings. The lowest BCUT2D eigenvalue weighted by atomic mass is 10.1. The number of carbonyl (C=O) groups is 2. The summed E-state index contributed by atoms with van der Waals surface area (Å²) in [7, 11) is 0. The molecule has 7 nitrogen and oxygen atoms in total. The third-order valence-electron chi connectivity index (χ3n) is 4.57. The second-order valence-corrected chi connectivity index (χ2v) is 8.36. The molecule has 2 amide bonds. The van der Waals surface area contributed by atoms with Crippen LogP contribution in [0.3, 0.4) is 0 Å². The Kier molecular flexibility index (Phi) is 5.84. The summed E-state index contributed by atoms with van der Waals surface area (Å²) >= 11 is 1.35. The molecule has 0 spiro atoms. The molecule has 3 N–H and O–H groups in total. The van der Waals surface area contributed by atoms with Crippen LogP contribution in [0.4, 0.5) is 5.69 Å². The molecule has 1 saturated carbocycles. The van der Waals surface area contributed by atoms with E-state index >= 15 is 0 Å². The number of carbonyl (C=O) groups excluding carboxylic acids is 2. The fraction of sp³-hybridized carbons (Fsp3) is 0.474. The molecule has 0 bridgehead atoms. The molecule has 8 heteroatoms. The number of nitrogens with two attached hydrogens (primary N) is 1. The van der Waals surface area contributed by atoms with Crippen molar-refractivity contribution in [3.63, 3.8) is 0 Å². The SMILES string of the molecule is Cc1ccc(C)c(NC(=O)C(C)Sc2nnc(C3CC3)n2CCC(N)=O)c1. The molecule has 27 heavy (non-hydrogen) atoms. The topological polar surface area (TPSA) is 103 Å². The van der Waals surface area contributed by atoms with E-state index in [0.29, 0.717) is 17.6 Å². The molecule has 1 aliphatic rings. The van der Waals surface area contributed by atoms with E-state index in [-0.39, 0.29) is 23.5 Å². The monoisotopic (exact) mass is 387 g/mol. The number of nitrogens with one attached hydrogen (secondary N) is 1. The molecule has 1 aromatic heterocycles. The van der Waals surface area contributed by atoms with Crippen molar-refractivity contribution >= 4 is 29.3 Å². The fourth-order valence-electron chi connectivity index (χ4n) is 2.78. The quantitative estimate of drug-likeness (QED) is 0.678. The predicted octanol–water partition coefficient (Wildman–Crippen LogP) is 2.77. The zero-order valence-corrected chi connectivity index (χ0v) is 16.7. The number of primary amides is 1. The van der Waals surface area contributed by atoms with Crippen LogP contribution >= 0.6 is 11.8 Å². The first-order valence-electron chi connectivity index (χ1n) is 9.11. The molecular formula is C19H25N5O2S. The maximum Gasteiger partial charge on any atom is 0.237 e. The lowest BCUT2D eigenvalue weighted by Crippen LogP contribution is -2.23. The largest absolute Gasteiger partial charge is 0.370 e. The summed E-state index contributed by atoms with van der Waals surface area (Å²) in [5, 5.41) is 11.8. The van der Waals surface area contributed by atoms with Gasteiger partial charge in [-0.3, -0.25) is 9.59 Å². The van der Waals surface area contributed by atoms with Crippen LogP contribution in [0.2, 0.25) is 0 Å². The van der Waals surface area contributed by atoms with E-state index in [9.17, 15) is 9.59 Å². The van der Waals surface area contributed by atoms with E-state index in [2.05, 4.69) is 15.5 Å². The highest BCUT2D eigenvalue weighted by atomic mass is 32.2. The van der Waals surface area contributed by atoms with E-state index in [0.717, 1.165) is 35.5 Å². The minimum atomic E-state index is -0.359. The highest BCUT2D eigenvalue weighted by Crippen LogP contribution is 2.40. The first-order valence-corrected chi connectivity index (χ1v) is 9.99. The average molecular weight is 388 g/mol. The number of aromatic nitrogens is 3. The van der Waals surface area contributed by atoms with Crippen molar-refractivity contribution in [2.24, 2.45) is 5.73 Å². The number of benzene rings is 1. The van der Waals surface area contributed by atoms with Crippen LogP contribution in [0, 0.1) is 13.8 Å². The summed E-state index contributed by atoms with van der Waals surface area (Å²) in [4.78, 5) is 23.8. The Labute approximate surface area is 163 Å². The van der Waals surface area contributed by atoms with Gasteiger partial charge >= 0.3 is 0 Å². The predicted molar refractivity (Wildman–Crippen MR) is 106 cm³/mol. The van der Waals surface area contributed by atoms with Gasteiger partial charge in [0, 0.05) is 24.6 Å². The summed E-state index contributed by atoms with van der Waals surface area (Å²) in [6.07, 6.45) is 2.40. The van der Waals surface area contributed by atoms with Crippen LogP contribution in [0.5, 0.6) is 0 Å². The van der Waals surface area contributed by atoms with Crippen molar-refractivity contribution < 1.29 is 9.59 Å². The number of thioether (sulfide) groups is 1. The normalized spacial score (nSPS) is 14.8. The van der Waals surface area contributed by atoms with E-state index < -0.39 is 0 Å². The van der Waals surface area contributed by atoms with Crippen LogP contribution < -0.4 is 11.1 Å². The number of hydrogen-bond acceptors (Lipinski definition) is 5. The molecule has 1 aliphatic carbocycles. The molecule has 2 aromatic rings. The third-order valence-corrected chi connectivity index (χ3v) is 5.65. The first-order chi connectivity index (χ1) is 12.8. The van der Waals surface area contributed by atoms with Crippen molar-refractivity contribution in [3.8, 4) is 0 Å². The third kappa shape index (κ3) is 4.88. The zero-order chi connectivity index (χ0) is 19.6. The molecule has 1 unspecified atom stereocenters. The van der Waals surface area contributed by atoms with Gasteiger partial charge in [-0.25, -0.2) is 0 Å². The van der Waals surface area contributed by atoms with Crippen molar-refractivity contribution in [2.45, 2.75) is 62.9 Å². The number of anilines is 1. The fourth-order valence-corrected chi connectivity index (χ4v) is 3.66. The van der Waals surface area contributed by atoms with Gasteiger partial charge < -0.3 is 15.6 Å². The molecule has 144 valence electrons. The maximum atomic E-state index is 12.6. The minimum Gasteiger partial charge on any atom is -0.370 e. The van der Waals surface area contributed by atoms with E-state index in [4.69, 9.17) is 5.73 Å². The Morgan fingerprint density at radius 1 is 1.33 bits per heavy atom. The molecule has 0 saturated heterocycles. The van der Waals surface area contributed by atoms with Crippen molar-refractivity contribution in [3.05, 3.63) is 35.2 Å². The Hall–Kier alpha value is -2.35. The van der Waals surface area contributed by atoms with E-state index in [1.807, 2.05) is 43.5 Å². The second-order valence-electron chi connectivity index (χ2n) is 7.05. The molecule has 0 radical (unpaired) electrons. The smallest absolute Gasteiger partial charge is 0.237 e. The Balaban J connectivity index is 1.71. The standard InChI is InChI=1S/C19H25N5O2S/c1-11-4-5-12(2)15(10-11)21-18(26)13(3)27-19-23-22-17(14-6-7-14)24(19)9-8-16(20)25/h4-5,10,13-14H,6-9H2,1-3H3,(H2,20,25)(H,21,26). The zero-order valence-electron chi connectivity index (χ0n) is 15.9. The number of aryl methyl sites for hydroxylation is 2. The molecule has 1 aromatic carbocycles. The summed E-state index contributed by atoms with van der Waals surface area (Å²) in [5.74, 6) is 0.841. The van der Waals surface area contributed by atoms with Gasteiger partial charge in [0.1, 0.15) is 5.82 Å². The number of hydrogen-bond donors (Lipinski definition) is 2. The highest BCUT2D eigenvalue weighted by molar-refractivity contribution is 8.00. The van der Waals surface area contributed by atoms with Gasteiger partial charge in [-0.15, -0.1) is 10.2 Å². The summed E-state index contributed by atoms with van der Waals surface area (Å²) in [6, 6.07) is 5.97. The Morgan fingerprint density at radius 3 is 2.74 bits per heavy atom. The molecular weight excluding hydrogens is 362 g/mol. The van der Waals surface area contributed by atoms with Crippen molar-refractivity contribution in [1.82, 2.24) is 14.8 Å². The van der Waals surface area contributed by atoms with Crippen LogP contribution in [0.15, 0.2) is 23.4 Å². The summed E-state index contributed by atoms with van der Waals surface area (Å²) in [5.41, 5.74) is 8.23. The van der Waals surface area contributed by atoms with Gasteiger partial charge in [0.2, 0.25) is 11.8 Å². The van der Waals surface area contributed by atoms with E-state index in [1.54, 1.807) is 0 Å². The molecule has 1 heterocycles. The van der Waals surface area contributed by atoms with Gasteiger partial charge in [0.25, 0.3) is 0 Å². The van der Waals surface area contributed by atoms with E-state index in [1.165, 1.54) is 11.8 Å². The maximum absolute atomic E-state index is 12.6. The lowest BCUT2D eigenvalue weighted by Gasteiger charge is -2.15. The number of nitrogens with zero attached hydrogens (tertiary/aromatic N) is 3. The minimum absolute atomic E-state index is 0.0916. The molecule has 0 aliphatic heterocycles. The van der Waals surface area contributed by atoms with Crippen LogP contribution in [-0.2, 0) is 16.1 Å². The lowest BCUT2D eigenvalue weighted by molar-refractivity contribution is -0.118. The summed E-state index contributed by atoms with van der Waals surface area (Å²) in [6.45, 7) is 6.25.